The van der Waals surface area contributed by atoms with E-state index >= 15 is 0 Å². The summed E-state index contributed by atoms with van der Waals surface area (Å²) in [6.07, 6.45) is 4.82. The average molecular weight is 264 g/mol. The van der Waals surface area contributed by atoms with Gasteiger partial charge >= 0.3 is 5.97 Å². The van der Waals surface area contributed by atoms with Crippen LogP contribution in [0.25, 0.3) is 0 Å². The fourth-order valence-electron chi connectivity index (χ4n) is 1.12. The fraction of sp³-hybridized carbons (Fsp3) is 0.917. The Morgan fingerprint density at radius 2 is 1.81 bits per heavy atom. The van der Waals surface area contributed by atoms with Gasteiger partial charge in [-0.25, -0.2) is 0 Å². The van der Waals surface area contributed by atoms with Crippen LogP contribution >= 0.6 is 23.5 Å². The summed E-state index contributed by atoms with van der Waals surface area (Å²) >= 11 is 3.61. The van der Waals surface area contributed by atoms with Crippen LogP contribution in [0, 0.1) is 0 Å². The fourth-order valence-corrected chi connectivity index (χ4v) is 3.78. The van der Waals surface area contributed by atoms with Crippen LogP contribution in [0.1, 0.15) is 39.5 Å². The molecule has 1 unspecified atom stereocenters. The molecule has 0 bridgehead atoms. The number of unbranched alkanes of at least 4 members (excludes halogenated alkanes) is 2. The van der Waals surface area contributed by atoms with Crippen LogP contribution in [0.3, 0.4) is 0 Å². The lowest BCUT2D eigenvalue weighted by Crippen LogP contribution is -2.22. The van der Waals surface area contributed by atoms with Gasteiger partial charge in [0.05, 0.1) is 7.11 Å². The molecule has 0 amide bonds. The predicted octanol–water partition coefficient (Wildman–Crippen LogP) is 3.59. The Kier molecular flexibility index (Phi) is 11.8. The molecule has 0 aliphatic carbocycles. The van der Waals surface area contributed by atoms with Gasteiger partial charge in [0.1, 0.15) is 5.25 Å². The van der Waals surface area contributed by atoms with Crippen molar-refractivity contribution >= 4 is 29.5 Å². The first-order chi connectivity index (χ1) is 7.76. The summed E-state index contributed by atoms with van der Waals surface area (Å²) in [5.74, 6) is 3.04. The zero-order valence-electron chi connectivity index (χ0n) is 10.7. The molecule has 0 spiro atoms. The van der Waals surface area contributed by atoms with Crippen molar-refractivity contribution in [3.63, 3.8) is 0 Å². The molecular weight excluding hydrogens is 240 g/mol. The van der Waals surface area contributed by atoms with E-state index in [1.165, 1.54) is 32.8 Å². The number of hydrogen-bond acceptors (Lipinski definition) is 4. The molecule has 0 aromatic rings. The number of hydrogen-bond donors (Lipinski definition) is 0. The Hall–Kier alpha value is 0.170. The molecule has 0 N–H and O–H groups in total. The molecule has 96 valence electrons. The van der Waals surface area contributed by atoms with Gasteiger partial charge in [0.25, 0.3) is 0 Å². The van der Waals surface area contributed by atoms with Crippen LogP contribution in [0.2, 0.25) is 0 Å². The number of carbonyl (C=O) groups excluding carboxylic acids is 1. The second-order valence-electron chi connectivity index (χ2n) is 3.66. The first-order valence-electron chi connectivity index (χ1n) is 6.03. The Bertz CT molecular complexity index is 174. The predicted molar refractivity (Wildman–Crippen MR) is 75.4 cm³/mol. The van der Waals surface area contributed by atoms with Gasteiger partial charge in [0.2, 0.25) is 0 Å². The zero-order valence-corrected chi connectivity index (χ0v) is 12.3. The van der Waals surface area contributed by atoms with Crippen molar-refractivity contribution < 1.29 is 9.53 Å². The van der Waals surface area contributed by atoms with E-state index < -0.39 is 0 Å². The SMILES string of the molecule is CCCCSCC(SCCCC)C(=O)OC. The maximum atomic E-state index is 11.5. The summed E-state index contributed by atoms with van der Waals surface area (Å²) in [6.45, 7) is 4.36. The normalized spacial score (nSPS) is 12.4. The number of esters is 1. The van der Waals surface area contributed by atoms with E-state index in [-0.39, 0.29) is 11.2 Å². The Morgan fingerprint density at radius 1 is 1.19 bits per heavy atom. The van der Waals surface area contributed by atoms with E-state index in [0.29, 0.717) is 0 Å². The lowest BCUT2D eigenvalue weighted by atomic mass is 10.4. The summed E-state index contributed by atoms with van der Waals surface area (Å²) in [5, 5.41) is 0.0263. The molecule has 0 aliphatic heterocycles. The molecule has 1 atom stereocenters. The van der Waals surface area contributed by atoms with E-state index in [4.69, 9.17) is 4.74 Å². The molecular formula is C12H24O2S2. The third-order valence-corrected chi connectivity index (χ3v) is 4.84. The van der Waals surface area contributed by atoms with E-state index in [9.17, 15) is 4.79 Å². The quantitative estimate of drug-likeness (QED) is 0.445. The number of methoxy groups -OCH3 is 1. The average Bonchev–Trinajstić information content (AvgIpc) is 2.31. The third kappa shape index (κ3) is 8.34. The molecule has 0 fully saturated rings. The highest BCUT2D eigenvalue weighted by atomic mass is 32.2. The lowest BCUT2D eigenvalue weighted by molar-refractivity contribution is -0.139. The molecule has 0 aromatic heterocycles. The minimum atomic E-state index is -0.0647. The largest absolute Gasteiger partial charge is 0.468 e. The second-order valence-corrected chi connectivity index (χ2v) is 6.13. The van der Waals surface area contributed by atoms with Gasteiger partial charge < -0.3 is 4.74 Å². The first kappa shape index (κ1) is 16.2. The lowest BCUT2D eigenvalue weighted by Gasteiger charge is -2.13. The summed E-state index contributed by atoms with van der Waals surface area (Å²) in [5.41, 5.74) is 0. The third-order valence-electron chi connectivity index (χ3n) is 2.19. The highest BCUT2D eigenvalue weighted by molar-refractivity contribution is 8.03. The number of thioether (sulfide) groups is 2. The Labute approximate surface area is 108 Å². The smallest absolute Gasteiger partial charge is 0.319 e. The first-order valence-corrected chi connectivity index (χ1v) is 8.23. The van der Waals surface area contributed by atoms with Gasteiger partial charge in [-0.05, 0) is 24.3 Å². The van der Waals surface area contributed by atoms with E-state index in [1.807, 2.05) is 11.8 Å². The number of ether oxygens (including phenoxy) is 1. The van der Waals surface area contributed by atoms with Crippen LogP contribution in [0.15, 0.2) is 0 Å². The van der Waals surface area contributed by atoms with Crippen molar-refractivity contribution in [2.45, 2.75) is 44.8 Å². The summed E-state index contributed by atoms with van der Waals surface area (Å²) in [6, 6.07) is 0. The topological polar surface area (TPSA) is 26.3 Å². The highest BCUT2D eigenvalue weighted by Crippen LogP contribution is 2.20. The molecule has 0 saturated carbocycles. The van der Waals surface area contributed by atoms with Crippen molar-refractivity contribution in [1.29, 1.82) is 0 Å². The standard InChI is InChI=1S/C12H24O2S2/c1-4-6-8-15-10-11(12(13)14-3)16-9-7-5-2/h11H,4-10H2,1-3H3. The van der Waals surface area contributed by atoms with Crippen molar-refractivity contribution in [3.05, 3.63) is 0 Å². The van der Waals surface area contributed by atoms with Crippen LogP contribution in [0.5, 0.6) is 0 Å². The highest BCUT2D eigenvalue weighted by Gasteiger charge is 2.18. The monoisotopic (exact) mass is 264 g/mol. The molecule has 0 saturated heterocycles. The van der Waals surface area contributed by atoms with E-state index in [0.717, 1.165) is 17.3 Å². The van der Waals surface area contributed by atoms with Crippen LogP contribution in [-0.2, 0) is 9.53 Å². The van der Waals surface area contributed by atoms with Crippen LogP contribution < -0.4 is 0 Å². The number of rotatable bonds is 10. The summed E-state index contributed by atoms with van der Waals surface area (Å²) in [4.78, 5) is 11.5. The maximum Gasteiger partial charge on any atom is 0.319 e. The van der Waals surface area contributed by atoms with Crippen molar-refractivity contribution in [2.24, 2.45) is 0 Å². The van der Waals surface area contributed by atoms with Gasteiger partial charge in [-0.15, -0.1) is 11.8 Å². The molecule has 0 radical (unpaired) electrons. The van der Waals surface area contributed by atoms with E-state index in [1.54, 1.807) is 11.8 Å². The molecule has 4 heteroatoms. The molecule has 16 heavy (non-hydrogen) atoms. The van der Waals surface area contributed by atoms with E-state index in [2.05, 4.69) is 13.8 Å². The van der Waals surface area contributed by atoms with Crippen LogP contribution in [0.4, 0.5) is 0 Å². The van der Waals surface area contributed by atoms with Gasteiger partial charge in [-0.3, -0.25) is 4.79 Å². The van der Waals surface area contributed by atoms with Crippen molar-refractivity contribution in [2.75, 3.05) is 24.4 Å². The molecule has 0 aliphatic rings. The van der Waals surface area contributed by atoms with Crippen LogP contribution in [-0.4, -0.2) is 35.6 Å². The van der Waals surface area contributed by atoms with Gasteiger partial charge in [-0.1, -0.05) is 26.7 Å². The Morgan fingerprint density at radius 3 is 2.38 bits per heavy atom. The Balaban J connectivity index is 3.77. The summed E-state index contributed by atoms with van der Waals surface area (Å²) in [7, 11) is 1.48. The molecule has 2 nitrogen and oxygen atoms in total. The van der Waals surface area contributed by atoms with Gasteiger partial charge in [0.15, 0.2) is 0 Å². The zero-order chi connectivity index (χ0) is 12.2. The second kappa shape index (κ2) is 11.6. The van der Waals surface area contributed by atoms with Gasteiger partial charge in [-0.2, -0.15) is 11.8 Å². The minimum absolute atomic E-state index is 0.0263. The van der Waals surface area contributed by atoms with Crippen molar-refractivity contribution in [3.8, 4) is 0 Å². The van der Waals surface area contributed by atoms with Gasteiger partial charge in [0, 0.05) is 5.75 Å². The molecule has 0 aromatic carbocycles. The minimum Gasteiger partial charge on any atom is -0.468 e. The number of carbonyl (C=O) groups is 1. The molecule has 0 heterocycles. The molecule has 0 rings (SSSR count). The maximum absolute atomic E-state index is 11.5. The van der Waals surface area contributed by atoms with Crippen molar-refractivity contribution in [1.82, 2.24) is 0 Å². The summed E-state index contributed by atoms with van der Waals surface area (Å²) < 4.78 is 4.83.